The molecule has 0 unspecified atom stereocenters. The van der Waals surface area contributed by atoms with Gasteiger partial charge in [0.15, 0.2) is 0 Å². The molecule has 2 aromatic rings. The van der Waals surface area contributed by atoms with E-state index in [0.717, 1.165) is 17.5 Å². The van der Waals surface area contributed by atoms with Gasteiger partial charge < -0.3 is 10.1 Å². The highest BCUT2D eigenvalue weighted by Crippen LogP contribution is 2.31. The number of aromatic nitrogens is 2. The number of anilines is 1. The Morgan fingerprint density at radius 1 is 1.57 bits per heavy atom. The lowest BCUT2D eigenvalue weighted by Crippen LogP contribution is -2.33. The first-order valence-electron chi connectivity index (χ1n) is 6.45. The Bertz CT molecular complexity index is 624. The number of urea groups is 1. The van der Waals surface area contributed by atoms with Gasteiger partial charge in [0.2, 0.25) is 0 Å². The van der Waals surface area contributed by atoms with Gasteiger partial charge in [-0.1, -0.05) is 0 Å². The van der Waals surface area contributed by atoms with E-state index in [1.165, 1.54) is 4.90 Å². The van der Waals surface area contributed by atoms with Crippen molar-refractivity contribution in [3.05, 3.63) is 30.6 Å². The number of nitrogens with zero attached hydrogens (tertiary/aromatic N) is 2. The summed E-state index contributed by atoms with van der Waals surface area (Å²) in [7, 11) is 1.57. The molecule has 7 nitrogen and oxygen atoms in total. The van der Waals surface area contributed by atoms with Crippen molar-refractivity contribution >= 4 is 18.1 Å². The van der Waals surface area contributed by atoms with E-state index in [4.69, 9.17) is 10.1 Å². The zero-order valence-electron chi connectivity index (χ0n) is 11.9. The molecule has 0 saturated carbocycles. The van der Waals surface area contributed by atoms with Gasteiger partial charge in [-0.25, -0.2) is 4.79 Å². The van der Waals surface area contributed by atoms with Gasteiger partial charge in [-0.2, -0.15) is 5.10 Å². The number of methoxy groups -OCH3 is 1. The molecule has 0 fully saturated rings. The first kappa shape index (κ1) is 14.6. The Hall–Kier alpha value is -2.83. The number of amides is 2. The van der Waals surface area contributed by atoms with Crippen LogP contribution in [0, 0.1) is 5.41 Å². The number of hydrogen-bond donors (Lipinski definition) is 3. The highest BCUT2D eigenvalue weighted by Gasteiger charge is 2.12. The van der Waals surface area contributed by atoms with Crippen molar-refractivity contribution < 1.29 is 9.53 Å². The van der Waals surface area contributed by atoms with E-state index in [1.807, 2.05) is 6.07 Å². The van der Waals surface area contributed by atoms with E-state index in [0.29, 0.717) is 18.0 Å². The molecule has 1 heterocycles. The Morgan fingerprint density at radius 2 is 2.38 bits per heavy atom. The highest BCUT2D eigenvalue weighted by atomic mass is 16.5. The largest absolute Gasteiger partial charge is 0.496 e. The summed E-state index contributed by atoms with van der Waals surface area (Å²) in [5.41, 5.74) is 2.38. The molecule has 7 heteroatoms. The molecule has 0 spiro atoms. The fourth-order valence-corrected chi connectivity index (χ4v) is 1.89. The first-order chi connectivity index (χ1) is 10.2. The number of carbonyl (C=O) groups excluding carboxylic acids is 1. The van der Waals surface area contributed by atoms with Crippen molar-refractivity contribution in [2.75, 3.05) is 19.0 Å². The minimum Gasteiger partial charge on any atom is -0.496 e. The molecule has 110 valence electrons. The standard InChI is InChI=1S/C14H17N5O2/c1-3-19(9-15)14(20)18-11-4-5-12(13(6-11)21-2)10-7-16-17-8-10/h4-9,15H,3H2,1-2H3,(H,16,17)(H,18,20). The average molecular weight is 287 g/mol. The predicted octanol–water partition coefficient (Wildman–Crippen LogP) is 2.55. The summed E-state index contributed by atoms with van der Waals surface area (Å²) < 4.78 is 5.35. The quantitative estimate of drug-likeness (QED) is 0.582. The van der Waals surface area contributed by atoms with Crippen LogP contribution in [-0.2, 0) is 0 Å². The molecular weight excluding hydrogens is 270 g/mol. The molecule has 2 rings (SSSR count). The molecule has 0 aliphatic rings. The molecule has 2 amide bonds. The summed E-state index contributed by atoms with van der Waals surface area (Å²) in [6, 6.07) is 5.00. The van der Waals surface area contributed by atoms with E-state index in [9.17, 15) is 4.79 Å². The Morgan fingerprint density at radius 3 is 2.95 bits per heavy atom. The van der Waals surface area contributed by atoms with Gasteiger partial charge in [0.25, 0.3) is 0 Å². The monoisotopic (exact) mass is 287 g/mol. The van der Waals surface area contributed by atoms with Crippen LogP contribution in [0.1, 0.15) is 6.92 Å². The number of nitrogens with one attached hydrogen (secondary N) is 3. The number of ether oxygens (including phenoxy) is 1. The fourth-order valence-electron chi connectivity index (χ4n) is 1.89. The van der Waals surface area contributed by atoms with Crippen LogP contribution in [0.25, 0.3) is 11.1 Å². The normalized spacial score (nSPS) is 10.0. The van der Waals surface area contributed by atoms with Gasteiger partial charge in [-0.05, 0) is 19.1 Å². The maximum Gasteiger partial charge on any atom is 0.327 e. The molecule has 0 saturated heterocycles. The van der Waals surface area contributed by atoms with Crippen LogP contribution in [0.3, 0.4) is 0 Å². The maximum absolute atomic E-state index is 11.9. The summed E-state index contributed by atoms with van der Waals surface area (Å²) in [6.45, 7) is 2.23. The van der Waals surface area contributed by atoms with Crippen molar-refractivity contribution in [1.29, 1.82) is 5.41 Å². The summed E-state index contributed by atoms with van der Waals surface area (Å²) >= 11 is 0. The predicted molar refractivity (Wildman–Crippen MR) is 80.8 cm³/mol. The van der Waals surface area contributed by atoms with Gasteiger partial charge in [-0.15, -0.1) is 0 Å². The van der Waals surface area contributed by atoms with Gasteiger partial charge in [0, 0.05) is 35.6 Å². The van der Waals surface area contributed by atoms with Gasteiger partial charge in [0.05, 0.1) is 19.6 Å². The molecule has 1 aromatic carbocycles. The molecule has 3 N–H and O–H groups in total. The minimum atomic E-state index is -0.356. The molecule has 0 bridgehead atoms. The number of H-pyrrole nitrogens is 1. The summed E-state index contributed by atoms with van der Waals surface area (Å²) in [4.78, 5) is 13.2. The van der Waals surface area contributed by atoms with Gasteiger partial charge >= 0.3 is 6.03 Å². The Labute approximate surface area is 122 Å². The average Bonchev–Trinajstić information content (AvgIpc) is 3.02. The molecule has 21 heavy (non-hydrogen) atoms. The smallest absolute Gasteiger partial charge is 0.327 e. The molecule has 0 aliphatic carbocycles. The number of aromatic amines is 1. The van der Waals surface area contributed by atoms with Crippen LogP contribution in [-0.4, -0.2) is 41.1 Å². The Balaban J connectivity index is 2.23. The lowest BCUT2D eigenvalue weighted by molar-refractivity contribution is 0.236. The maximum atomic E-state index is 11.9. The van der Waals surface area contributed by atoms with Crippen LogP contribution in [0.4, 0.5) is 10.5 Å². The van der Waals surface area contributed by atoms with Crippen molar-refractivity contribution in [2.45, 2.75) is 6.92 Å². The lowest BCUT2D eigenvalue weighted by atomic mass is 10.1. The van der Waals surface area contributed by atoms with Crippen LogP contribution in [0.5, 0.6) is 5.75 Å². The second-order valence-electron chi connectivity index (χ2n) is 4.25. The van der Waals surface area contributed by atoms with E-state index in [-0.39, 0.29) is 6.03 Å². The third-order valence-electron chi connectivity index (χ3n) is 3.02. The first-order valence-corrected chi connectivity index (χ1v) is 6.45. The van der Waals surface area contributed by atoms with Gasteiger partial charge in [0.1, 0.15) is 5.75 Å². The molecule has 0 aliphatic heterocycles. The van der Waals surface area contributed by atoms with Crippen LogP contribution in [0.2, 0.25) is 0 Å². The number of benzene rings is 1. The van der Waals surface area contributed by atoms with Crippen molar-refractivity contribution in [3.8, 4) is 16.9 Å². The van der Waals surface area contributed by atoms with Crippen LogP contribution >= 0.6 is 0 Å². The zero-order valence-corrected chi connectivity index (χ0v) is 11.9. The summed E-state index contributed by atoms with van der Waals surface area (Å²) in [5.74, 6) is 0.632. The van der Waals surface area contributed by atoms with Crippen molar-refractivity contribution in [2.24, 2.45) is 0 Å². The SMILES string of the molecule is CCN(C=N)C(=O)Nc1ccc(-c2cn[nH]c2)c(OC)c1. The third kappa shape index (κ3) is 3.19. The van der Waals surface area contributed by atoms with E-state index < -0.39 is 0 Å². The van der Waals surface area contributed by atoms with E-state index in [2.05, 4.69) is 15.5 Å². The molecule has 0 radical (unpaired) electrons. The van der Waals surface area contributed by atoms with Crippen LogP contribution in [0.15, 0.2) is 30.6 Å². The third-order valence-corrected chi connectivity index (χ3v) is 3.02. The molecule has 0 atom stereocenters. The summed E-state index contributed by atoms with van der Waals surface area (Å²) in [6.07, 6.45) is 4.46. The topological polar surface area (TPSA) is 94.1 Å². The fraction of sp³-hybridized carbons (Fsp3) is 0.214. The second kappa shape index (κ2) is 6.56. The molecule has 1 aromatic heterocycles. The second-order valence-corrected chi connectivity index (χ2v) is 4.25. The summed E-state index contributed by atoms with van der Waals surface area (Å²) in [5, 5.41) is 16.5. The molecular formula is C14H17N5O2. The zero-order chi connectivity index (χ0) is 15.2. The highest BCUT2D eigenvalue weighted by molar-refractivity contribution is 5.96. The Kier molecular flexibility index (Phi) is 4.55. The van der Waals surface area contributed by atoms with E-state index in [1.54, 1.807) is 38.6 Å². The van der Waals surface area contributed by atoms with Gasteiger partial charge in [-0.3, -0.25) is 15.4 Å². The van der Waals surface area contributed by atoms with Crippen LogP contribution < -0.4 is 10.1 Å². The number of carbonyl (C=O) groups is 1. The minimum absolute atomic E-state index is 0.356. The van der Waals surface area contributed by atoms with E-state index >= 15 is 0 Å². The number of hydrogen-bond acceptors (Lipinski definition) is 4. The number of rotatable bonds is 5. The van der Waals surface area contributed by atoms with Crippen molar-refractivity contribution in [1.82, 2.24) is 15.1 Å². The lowest BCUT2D eigenvalue weighted by Gasteiger charge is -2.16. The van der Waals surface area contributed by atoms with Crippen molar-refractivity contribution in [3.63, 3.8) is 0 Å².